The van der Waals surface area contributed by atoms with Crippen molar-refractivity contribution in [3.05, 3.63) is 12.2 Å². The number of carbonyl (C=O) groups is 2. The van der Waals surface area contributed by atoms with E-state index in [1.54, 1.807) is 0 Å². The molecule has 0 bridgehead atoms. The molecule has 10 heteroatoms. The maximum Gasteiger partial charge on any atom is 0.472 e. The first-order valence-electron chi connectivity index (χ1n) is 23.4. The third-order valence-electron chi connectivity index (χ3n) is 10.3. The van der Waals surface area contributed by atoms with E-state index in [-0.39, 0.29) is 32.0 Å². The van der Waals surface area contributed by atoms with Gasteiger partial charge in [-0.05, 0) is 38.5 Å². The quantitative estimate of drug-likeness (QED) is 0.0213. The second-order valence-electron chi connectivity index (χ2n) is 17.1. The molecule has 0 saturated carbocycles. The Hall–Kier alpha value is -1.25. The van der Waals surface area contributed by atoms with Crippen LogP contribution in [0.15, 0.2) is 12.2 Å². The first-order valence-corrected chi connectivity index (χ1v) is 24.9. The highest BCUT2D eigenvalue weighted by atomic mass is 31.2. The molecule has 0 saturated heterocycles. The van der Waals surface area contributed by atoms with Crippen LogP contribution in [0.25, 0.3) is 0 Å². The first kappa shape index (κ1) is 54.8. The van der Waals surface area contributed by atoms with Crippen LogP contribution in [-0.4, -0.2) is 74.9 Å². The van der Waals surface area contributed by atoms with E-state index in [2.05, 4.69) is 26.0 Å². The van der Waals surface area contributed by atoms with Crippen LogP contribution >= 0.6 is 7.82 Å². The SMILES string of the molecule is CCCCCCC/C=C\CCCCCCCC(=O)OC[C@H](COP(=O)(O)OCC[N+](C)(C)C)OC(=O)CCCCCCCCCCCCCCCCCCCC. The average Bonchev–Trinajstić information content (AvgIpc) is 3.15. The van der Waals surface area contributed by atoms with Gasteiger partial charge in [0, 0.05) is 12.8 Å². The van der Waals surface area contributed by atoms with Gasteiger partial charge in [-0.3, -0.25) is 18.6 Å². The lowest BCUT2D eigenvalue weighted by Gasteiger charge is -2.24. The predicted octanol–water partition coefficient (Wildman–Crippen LogP) is 13.4. The second-order valence-corrected chi connectivity index (χ2v) is 18.6. The first-order chi connectivity index (χ1) is 27.0. The van der Waals surface area contributed by atoms with Gasteiger partial charge in [0.05, 0.1) is 27.7 Å². The van der Waals surface area contributed by atoms with E-state index < -0.39 is 26.5 Å². The van der Waals surface area contributed by atoms with Crippen LogP contribution in [0.3, 0.4) is 0 Å². The largest absolute Gasteiger partial charge is 0.472 e. The maximum atomic E-state index is 12.7. The Morgan fingerprint density at radius 3 is 1.32 bits per heavy atom. The van der Waals surface area contributed by atoms with E-state index in [4.69, 9.17) is 18.5 Å². The van der Waals surface area contributed by atoms with E-state index in [0.717, 1.165) is 51.4 Å². The molecular weight excluding hydrogens is 725 g/mol. The monoisotopic (exact) mass is 817 g/mol. The molecule has 1 unspecified atom stereocenters. The van der Waals surface area contributed by atoms with Crippen molar-refractivity contribution < 1.29 is 42.1 Å². The number of quaternary nitrogens is 1. The van der Waals surface area contributed by atoms with Crippen molar-refractivity contribution in [1.82, 2.24) is 0 Å². The van der Waals surface area contributed by atoms with Crippen LogP contribution in [-0.2, 0) is 32.7 Å². The third kappa shape index (κ3) is 42.4. The van der Waals surface area contributed by atoms with E-state index in [1.165, 1.54) is 135 Å². The molecule has 1 N–H and O–H groups in total. The molecule has 0 aromatic rings. The lowest BCUT2D eigenvalue weighted by Crippen LogP contribution is -2.37. The Bertz CT molecular complexity index is 969. The summed E-state index contributed by atoms with van der Waals surface area (Å²) >= 11 is 0. The summed E-state index contributed by atoms with van der Waals surface area (Å²) in [6, 6.07) is 0. The maximum absolute atomic E-state index is 12.7. The summed E-state index contributed by atoms with van der Waals surface area (Å²) in [5.74, 6) is -0.797. The van der Waals surface area contributed by atoms with Gasteiger partial charge in [0.2, 0.25) is 0 Å². The minimum Gasteiger partial charge on any atom is -0.462 e. The lowest BCUT2D eigenvalue weighted by atomic mass is 10.0. The molecule has 0 aromatic carbocycles. The summed E-state index contributed by atoms with van der Waals surface area (Å²) in [6.45, 7) is 4.44. The molecule has 0 aliphatic heterocycles. The van der Waals surface area contributed by atoms with Crippen molar-refractivity contribution in [3.63, 3.8) is 0 Å². The van der Waals surface area contributed by atoms with Crippen molar-refractivity contribution in [2.75, 3.05) is 47.5 Å². The number of hydrogen-bond acceptors (Lipinski definition) is 7. The second kappa shape index (κ2) is 39.2. The van der Waals surface area contributed by atoms with E-state index in [1.807, 2.05) is 21.1 Å². The summed E-state index contributed by atoms with van der Waals surface area (Å²) in [6.07, 6.45) is 41.1. The van der Waals surface area contributed by atoms with Crippen LogP contribution in [0, 0.1) is 0 Å². The minimum atomic E-state index is -4.37. The molecule has 0 spiro atoms. The number of rotatable bonds is 43. The number of allylic oxidation sites excluding steroid dienone is 2. The van der Waals surface area contributed by atoms with Gasteiger partial charge in [-0.15, -0.1) is 0 Å². The molecule has 0 fully saturated rings. The topological polar surface area (TPSA) is 108 Å². The fourth-order valence-corrected chi connectivity index (χ4v) is 7.34. The minimum absolute atomic E-state index is 0.0337. The third-order valence-corrected chi connectivity index (χ3v) is 11.3. The number of hydrogen-bond donors (Lipinski definition) is 1. The molecule has 0 rings (SSSR count). The molecule has 0 amide bonds. The number of ether oxygens (including phenoxy) is 2. The van der Waals surface area contributed by atoms with Crippen LogP contribution in [0.1, 0.15) is 219 Å². The number of unbranched alkanes of at least 4 members (excludes halogenated alkanes) is 27. The van der Waals surface area contributed by atoms with Crippen LogP contribution in [0.2, 0.25) is 0 Å². The van der Waals surface area contributed by atoms with Gasteiger partial charge < -0.3 is 18.9 Å². The Morgan fingerprint density at radius 1 is 0.536 bits per heavy atom. The van der Waals surface area contributed by atoms with Crippen molar-refractivity contribution in [2.24, 2.45) is 0 Å². The smallest absolute Gasteiger partial charge is 0.462 e. The van der Waals surface area contributed by atoms with E-state index in [0.29, 0.717) is 17.4 Å². The molecule has 332 valence electrons. The Morgan fingerprint density at radius 2 is 0.911 bits per heavy atom. The van der Waals surface area contributed by atoms with Crippen molar-refractivity contribution >= 4 is 19.8 Å². The van der Waals surface area contributed by atoms with Gasteiger partial charge in [0.15, 0.2) is 6.10 Å². The van der Waals surface area contributed by atoms with Gasteiger partial charge >= 0.3 is 19.8 Å². The molecule has 0 heterocycles. The Balaban J connectivity index is 4.29. The molecule has 2 atom stereocenters. The highest BCUT2D eigenvalue weighted by molar-refractivity contribution is 7.47. The fraction of sp³-hybridized carbons (Fsp3) is 0.913. The average molecular weight is 817 g/mol. The normalized spacial score (nSPS) is 13.6. The highest BCUT2D eigenvalue weighted by Crippen LogP contribution is 2.43. The predicted molar refractivity (Wildman–Crippen MR) is 234 cm³/mol. The lowest BCUT2D eigenvalue weighted by molar-refractivity contribution is -0.870. The number of phosphoric acid groups is 1. The van der Waals surface area contributed by atoms with Crippen LogP contribution < -0.4 is 0 Å². The number of phosphoric ester groups is 1. The van der Waals surface area contributed by atoms with E-state index >= 15 is 0 Å². The number of likely N-dealkylation sites (N-methyl/N-ethyl adjacent to an activating group) is 1. The zero-order valence-electron chi connectivity index (χ0n) is 37.4. The van der Waals surface area contributed by atoms with Crippen molar-refractivity contribution in [2.45, 2.75) is 225 Å². The molecule has 0 aliphatic carbocycles. The van der Waals surface area contributed by atoms with Gasteiger partial charge in [-0.2, -0.15) is 0 Å². The van der Waals surface area contributed by atoms with Gasteiger partial charge in [0.25, 0.3) is 0 Å². The van der Waals surface area contributed by atoms with Crippen LogP contribution in [0.4, 0.5) is 0 Å². The van der Waals surface area contributed by atoms with Crippen molar-refractivity contribution in [3.8, 4) is 0 Å². The number of carbonyl (C=O) groups excluding carboxylic acids is 2. The molecular formula is C46H91NO8P+. The summed E-state index contributed by atoms with van der Waals surface area (Å²) in [4.78, 5) is 35.4. The van der Waals surface area contributed by atoms with Crippen molar-refractivity contribution in [1.29, 1.82) is 0 Å². The molecule has 0 aliphatic rings. The summed E-state index contributed by atoms with van der Waals surface area (Å²) in [7, 11) is 1.48. The van der Waals surface area contributed by atoms with Gasteiger partial charge in [0.1, 0.15) is 19.8 Å². The number of nitrogens with zero attached hydrogens (tertiary/aromatic N) is 1. The molecule has 0 aromatic heterocycles. The van der Waals surface area contributed by atoms with E-state index in [9.17, 15) is 19.0 Å². The fourth-order valence-electron chi connectivity index (χ4n) is 6.60. The molecule has 56 heavy (non-hydrogen) atoms. The standard InChI is InChI=1S/C46H90NO8P/c1-6-8-10-12-14-16-18-20-22-23-24-25-27-29-31-33-35-37-39-46(49)55-44(43-54-56(50,51)53-41-40-47(3,4)5)42-52-45(48)38-36-34-32-30-28-26-21-19-17-15-13-11-9-7-2/h19,21,44H,6-18,20,22-43H2,1-5H3/p+1/b21-19-/t44-/m1/s1. The zero-order valence-corrected chi connectivity index (χ0v) is 38.3. The Labute approximate surface area is 346 Å². The summed E-state index contributed by atoms with van der Waals surface area (Å²) in [5.41, 5.74) is 0. The summed E-state index contributed by atoms with van der Waals surface area (Å²) < 4.78 is 34.4. The number of esters is 2. The Kier molecular flexibility index (Phi) is 38.3. The summed E-state index contributed by atoms with van der Waals surface area (Å²) in [5, 5.41) is 0. The molecule has 9 nitrogen and oxygen atoms in total. The zero-order chi connectivity index (χ0) is 41.4. The van der Waals surface area contributed by atoms with Gasteiger partial charge in [-0.1, -0.05) is 180 Å². The highest BCUT2D eigenvalue weighted by Gasteiger charge is 2.27. The van der Waals surface area contributed by atoms with Gasteiger partial charge in [-0.25, -0.2) is 4.57 Å². The molecule has 0 radical (unpaired) electrons. The van der Waals surface area contributed by atoms with Crippen LogP contribution in [0.5, 0.6) is 0 Å².